The molecule has 0 spiro atoms. The number of nitro benzene ring substituents is 1. The summed E-state index contributed by atoms with van der Waals surface area (Å²) in [5.74, 6) is -1.50. The number of hydrogen-bond donors (Lipinski definition) is 3. The first-order valence-corrected chi connectivity index (χ1v) is 9.66. The molecule has 30 heavy (non-hydrogen) atoms. The molecule has 1 aromatic heterocycles. The number of benzene rings is 1. The van der Waals surface area contributed by atoms with E-state index in [1.807, 2.05) is 4.90 Å². The number of nitro groups is 1. The third-order valence-corrected chi connectivity index (χ3v) is 5.26. The van der Waals surface area contributed by atoms with Crippen LogP contribution < -0.4 is 21.1 Å². The number of aromatic nitrogens is 2. The molecule has 1 atom stereocenters. The molecular weight excluding hydrogens is 392 g/mol. The van der Waals surface area contributed by atoms with Crippen LogP contribution in [0.5, 0.6) is 0 Å². The van der Waals surface area contributed by atoms with E-state index in [9.17, 15) is 24.5 Å². The number of carbonyl (C=O) groups excluding carboxylic acids is 2. The monoisotopic (exact) mass is 412 g/mol. The summed E-state index contributed by atoms with van der Waals surface area (Å²) in [6.07, 6.45) is 2.91. The molecule has 2 aliphatic rings. The quantitative estimate of drug-likeness (QED) is 0.511. The van der Waals surface area contributed by atoms with E-state index in [0.29, 0.717) is 11.6 Å². The van der Waals surface area contributed by atoms with Gasteiger partial charge in [-0.1, -0.05) is 0 Å². The van der Waals surface area contributed by atoms with E-state index >= 15 is 0 Å². The normalized spacial score (nSPS) is 18.3. The number of nitrogens with one attached hydrogen (secondary N) is 3. The molecule has 156 valence electrons. The fraction of sp³-hybridized carbons (Fsp3) is 0.368. The number of aromatic amines is 1. The number of fused-ring (bicyclic) bond motifs is 1. The molecule has 0 unspecified atom stereocenters. The molecule has 1 aromatic carbocycles. The van der Waals surface area contributed by atoms with Gasteiger partial charge < -0.3 is 15.5 Å². The second kappa shape index (κ2) is 7.93. The molecule has 0 saturated carbocycles. The van der Waals surface area contributed by atoms with Crippen molar-refractivity contribution in [1.82, 2.24) is 9.97 Å². The lowest BCUT2D eigenvalue weighted by atomic mass is 9.92. The van der Waals surface area contributed by atoms with E-state index in [0.717, 1.165) is 32.4 Å². The van der Waals surface area contributed by atoms with Crippen LogP contribution in [-0.2, 0) is 9.59 Å². The molecule has 0 bridgehead atoms. The molecule has 0 aliphatic carbocycles. The molecule has 3 heterocycles. The number of carbonyl (C=O) groups is 2. The number of anilines is 3. The Balaban J connectivity index is 1.60. The fourth-order valence-corrected chi connectivity index (χ4v) is 3.73. The Hall–Kier alpha value is -3.76. The van der Waals surface area contributed by atoms with Gasteiger partial charge in [-0.05, 0) is 31.4 Å². The van der Waals surface area contributed by atoms with E-state index in [4.69, 9.17) is 0 Å². The third kappa shape index (κ3) is 3.86. The van der Waals surface area contributed by atoms with Crippen molar-refractivity contribution in [2.45, 2.75) is 31.6 Å². The number of rotatable bonds is 4. The first-order valence-electron chi connectivity index (χ1n) is 9.66. The molecule has 11 nitrogen and oxygen atoms in total. The summed E-state index contributed by atoms with van der Waals surface area (Å²) >= 11 is 0. The number of non-ortho nitro benzene ring substituents is 1. The predicted molar refractivity (Wildman–Crippen MR) is 109 cm³/mol. The van der Waals surface area contributed by atoms with Crippen molar-refractivity contribution in [3.05, 3.63) is 50.3 Å². The van der Waals surface area contributed by atoms with Crippen molar-refractivity contribution in [1.29, 1.82) is 0 Å². The Bertz CT molecular complexity index is 1060. The maximum absolute atomic E-state index is 12.8. The van der Waals surface area contributed by atoms with Crippen molar-refractivity contribution in [3.8, 4) is 0 Å². The zero-order chi connectivity index (χ0) is 21.3. The highest BCUT2D eigenvalue weighted by molar-refractivity contribution is 6.04. The smallest absolute Gasteiger partial charge is 0.269 e. The molecule has 0 radical (unpaired) electrons. The standard InChI is InChI=1S/C19H20N6O5/c26-14-10-13(17(27)20-11-4-6-12(7-5-11)25(29)30)15-16(21-14)22-19(23-18(15)28)24-8-2-1-3-9-24/h4-7,13H,1-3,8-10H2,(H,20,27)(H2,21,22,23,26,28)/t13-/m0/s1. The topological polar surface area (TPSA) is 150 Å². The van der Waals surface area contributed by atoms with Crippen molar-refractivity contribution in [2.75, 3.05) is 28.6 Å². The summed E-state index contributed by atoms with van der Waals surface area (Å²) in [4.78, 5) is 57.1. The Morgan fingerprint density at radius 1 is 1.17 bits per heavy atom. The summed E-state index contributed by atoms with van der Waals surface area (Å²) in [7, 11) is 0. The second-order valence-corrected chi connectivity index (χ2v) is 7.30. The van der Waals surface area contributed by atoms with Crippen molar-refractivity contribution >= 4 is 35.0 Å². The number of amides is 2. The Labute approximate surface area is 170 Å². The summed E-state index contributed by atoms with van der Waals surface area (Å²) in [6.45, 7) is 1.53. The van der Waals surface area contributed by atoms with Gasteiger partial charge in [-0.25, -0.2) is 0 Å². The first-order chi connectivity index (χ1) is 14.4. The maximum atomic E-state index is 12.8. The SMILES string of the molecule is O=C1C[C@H](C(=O)Nc2ccc([N+](=O)[O-])cc2)c2c(nc(N3CCCCC3)[nH]c2=O)N1. The average Bonchev–Trinajstić information content (AvgIpc) is 2.73. The summed E-state index contributed by atoms with van der Waals surface area (Å²) < 4.78 is 0. The average molecular weight is 412 g/mol. The summed E-state index contributed by atoms with van der Waals surface area (Å²) in [6, 6.07) is 5.30. The van der Waals surface area contributed by atoms with Crippen LogP contribution in [0.3, 0.4) is 0 Å². The Kier molecular flexibility index (Phi) is 5.17. The highest BCUT2D eigenvalue weighted by Gasteiger charge is 2.35. The number of nitrogens with zero attached hydrogens (tertiary/aromatic N) is 3. The van der Waals surface area contributed by atoms with Gasteiger partial charge in [-0.3, -0.25) is 29.5 Å². The third-order valence-electron chi connectivity index (χ3n) is 5.26. The van der Waals surface area contributed by atoms with Crippen LogP contribution in [-0.4, -0.2) is 39.8 Å². The molecule has 2 aromatic rings. The van der Waals surface area contributed by atoms with Crippen LogP contribution in [0.1, 0.15) is 37.2 Å². The summed E-state index contributed by atoms with van der Waals surface area (Å²) in [5, 5.41) is 16.0. The lowest BCUT2D eigenvalue weighted by molar-refractivity contribution is -0.384. The van der Waals surface area contributed by atoms with Gasteiger partial charge in [0.15, 0.2) is 0 Å². The number of hydrogen-bond acceptors (Lipinski definition) is 7. The largest absolute Gasteiger partial charge is 0.342 e. The number of piperidine rings is 1. The maximum Gasteiger partial charge on any atom is 0.269 e. The summed E-state index contributed by atoms with van der Waals surface area (Å²) in [5.41, 5.74) is -0.145. The highest BCUT2D eigenvalue weighted by atomic mass is 16.6. The minimum atomic E-state index is -1.02. The molecule has 2 amide bonds. The van der Waals surface area contributed by atoms with Gasteiger partial charge in [0.1, 0.15) is 5.82 Å². The van der Waals surface area contributed by atoms with Crippen molar-refractivity contribution in [3.63, 3.8) is 0 Å². The molecule has 2 aliphatic heterocycles. The molecule has 1 fully saturated rings. The van der Waals surface area contributed by atoms with Gasteiger partial charge in [0.25, 0.3) is 11.2 Å². The van der Waals surface area contributed by atoms with Crippen LogP contribution in [0.15, 0.2) is 29.1 Å². The van der Waals surface area contributed by atoms with Gasteiger partial charge in [0.05, 0.1) is 16.4 Å². The van der Waals surface area contributed by atoms with Gasteiger partial charge in [0.2, 0.25) is 17.8 Å². The van der Waals surface area contributed by atoms with Crippen LogP contribution in [0, 0.1) is 10.1 Å². The van der Waals surface area contributed by atoms with Gasteiger partial charge in [-0.15, -0.1) is 0 Å². The zero-order valence-electron chi connectivity index (χ0n) is 16.0. The lowest BCUT2D eigenvalue weighted by Gasteiger charge is -2.29. The van der Waals surface area contributed by atoms with E-state index < -0.39 is 28.2 Å². The van der Waals surface area contributed by atoms with Gasteiger partial charge >= 0.3 is 0 Å². The van der Waals surface area contributed by atoms with Crippen molar-refractivity contribution < 1.29 is 14.5 Å². The van der Waals surface area contributed by atoms with Crippen LogP contribution >= 0.6 is 0 Å². The molecular formula is C19H20N6O5. The zero-order valence-corrected chi connectivity index (χ0v) is 16.0. The fourth-order valence-electron chi connectivity index (χ4n) is 3.73. The lowest BCUT2D eigenvalue weighted by Crippen LogP contribution is -2.38. The van der Waals surface area contributed by atoms with E-state index in [-0.39, 0.29) is 23.5 Å². The molecule has 1 saturated heterocycles. The minimum Gasteiger partial charge on any atom is -0.342 e. The van der Waals surface area contributed by atoms with E-state index in [2.05, 4.69) is 20.6 Å². The van der Waals surface area contributed by atoms with Crippen LogP contribution in [0.4, 0.5) is 23.1 Å². The van der Waals surface area contributed by atoms with Crippen LogP contribution in [0.25, 0.3) is 0 Å². The predicted octanol–water partition coefficient (Wildman–Crippen LogP) is 1.73. The van der Waals surface area contributed by atoms with Crippen molar-refractivity contribution in [2.24, 2.45) is 0 Å². The van der Waals surface area contributed by atoms with Gasteiger partial charge in [0, 0.05) is 37.3 Å². The molecule has 4 rings (SSSR count). The van der Waals surface area contributed by atoms with Gasteiger partial charge in [-0.2, -0.15) is 4.98 Å². The molecule has 11 heteroatoms. The minimum absolute atomic E-state index is 0.0967. The van der Waals surface area contributed by atoms with Crippen LogP contribution in [0.2, 0.25) is 0 Å². The Morgan fingerprint density at radius 3 is 2.53 bits per heavy atom. The number of H-pyrrole nitrogens is 1. The second-order valence-electron chi connectivity index (χ2n) is 7.30. The van der Waals surface area contributed by atoms with E-state index in [1.165, 1.54) is 24.3 Å². The Morgan fingerprint density at radius 2 is 1.87 bits per heavy atom. The first kappa shape index (κ1) is 19.6. The highest BCUT2D eigenvalue weighted by Crippen LogP contribution is 2.30. The van der Waals surface area contributed by atoms with E-state index in [1.54, 1.807) is 0 Å². The molecule has 3 N–H and O–H groups in total.